The van der Waals surface area contributed by atoms with E-state index in [-0.39, 0.29) is 0 Å². The van der Waals surface area contributed by atoms with Gasteiger partial charge in [-0.15, -0.1) is 11.3 Å². The van der Waals surface area contributed by atoms with E-state index in [1.54, 1.807) is 11.3 Å². The van der Waals surface area contributed by atoms with Gasteiger partial charge in [0, 0.05) is 11.6 Å². The highest BCUT2D eigenvalue weighted by Crippen LogP contribution is 2.32. The second-order valence-electron chi connectivity index (χ2n) is 5.80. The van der Waals surface area contributed by atoms with Crippen molar-refractivity contribution in [3.8, 4) is 0 Å². The van der Waals surface area contributed by atoms with Crippen molar-refractivity contribution in [2.75, 3.05) is 0 Å². The van der Waals surface area contributed by atoms with Crippen LogP contribution in [0.15, 0.2) is 6.07 Å². The third kappa shape index (κ3) is 2.41. The summed E-state index contributed by atoms with van der Waals surface area (Å²) in [6.07, 6.45) is 0. The molecule has 0 fully saturated rings. The number of nitrogens with zero attached hydrogens (tertiary/aromatic N) is 2. The summed E-state index contributed by atoms with van der Waals surface area (Å²) < 4.78 is 1.23. The van der Waals surface area contributed by atoms with Crippen molar-refractivity contribution in [3.63, 3.8) is 0 Å². The molecule has 0 bridgehead atoms. The van der Waals surface area contributed by atoms with E-state index in [9.17, 15) is 0 Å². The van der Waals surface area contributed by atoms with Gasteiger partial charge in [0.1, 0.15) is 0 Å². The highest BCUT2D eigenvalue weighted by atomic mass is 32.1. The summed E-state index contributed by atoms with van der Waals surface area (Å²) in [6.45, 7) is 13.2. The van der Waals surface area contributed by atoms with Crippen molar-refractivity contribution < 1.29 is 0 Å². The van der Waals surface area contributed by atoms with Gasteiger partial charge < -0.3 is 0 Å². The van der Waals surface area contributed by atoms with Crippen molar-refractivity contribution in [1.29, 1.82) is 0 Å². The molecular formula is C15H22N2S. The number of rotatable bonds is 3. The number of hydrogen-bond donors (Lipinski definition) is 0. The van der Waals surface area contributed by atoms with Crippen LogP contribution in [0.3, 0.4) is 0 Å². The predicted molar refractivity (Wildman–Crippen MR) is 79.7 cm³/mol. The molecule has 0 atom stereocenters. The van der Waals surface area contributed by atoms with Crippen LogP contribution in [-0.2, 0) is 0 Å². The fourth-order valence-corrected chi connectivity index (χ4v) is 3.04. The summed E-state index contributed by atoms with van der Waals surface area (Å²) in [7, 11) is 0. The van der Waals surface area contributed by atoms with Crippen LogP contribution in [0.1, 0.15) is 75.6 Å². The fraction of sp³-hybridized carbons (Fsp3) is 0.600. The molecule has 0 saturated carbocycles. The van der Waals surface area contributed by atoms with E-state index in [1.165, 1.54) is 21.0 Å². The van der Waals surface area contributed by atoms with E-state index in [2.05, 4.69) is 52.6 Å². The second kappa shape index (κ2) is 4.96. The van der Waals surface area contributed by atoms with Gasteiger partial charge in [-0.2, -0.15) is 0 Å². The summed E-state index contributed by atoms with van der Waals surface area (Å²) in [6, 6.07) is 2.30. The molecule has 0 aliphatic heterocycles. The predicted octanol–water partition coefficient (Wildman–Crippen LogP) is 5.06. The molecule has 0 spiro atoms. The number of pyridine rings is 1. The van der Waals surface area contributed by atoms with Crippen LogP contribution in [0, 0.1) is 0 Å². The van der Waals surface area contributed by atoms with Gasteiger partial charge in [-0.3, -0.25) is 0 Å². The molecule has 0 amide bonds. The minimum absolute atomic E-state index is 0.455. The molecule has 2 rings (SSSR count). The number of fused-ring (bicyclic) bond motifs is 1. The first-order valence-corrected chi connectivity index (χ1v) is 7.53. The molecule has 0 aliphatic rings. The van der Waals surface area contributed by atoms with Crippen LogP contribution in [0.2, 0.25) is 0 Å². The van der Waals surface area contributed by atoms with Gasteiger partial charge in [0.2, 0.25) is 0 Å². The number of aromatic nitrogens is 2. The van der Waals surface area contributed by atoms with Crippen molar-refractivity contribution >= 4 is 21.7 Å². The Morgan fingerprint density at radius 2 is 1.56 bits per heavy atom. The Bertz CT molecular complexity index is 508. The molecule has 2 aromatic rings. The first-order chi connectivity index (χ1) is 8.40. The lowest BCUT2D eigenvalue weighted by molar-refractivity contribution is 0.762. The van der Waals surface area contributed by atoms with Crippen LogP contribution < -0.4 is 0 Å². The van der Waals surface area contributed by atoms with Gasteiger partial charge in [-0.25, -0.2) is 9.97 Å². The van der Waals surface area contributed by atoms with Crippen LogP contribution in [0.25, 0.3) is 10.3 Å². The monoisotopic (exact) mass is 262 g/mol. The minimum Gasteiger partial charge on any atom is -0.232 e. The molecule has 0 unspecified atom stereocenters. The van der Waals surface area contributed by atoms with E-state index >= 15 is 0 Å². The lowest BCUT2D eigenvalue weighted by atomic mass is 9.95. The maximum atomic E-state index is 4.80. The lowest BCUT2D eigenvalue weighted by Gasteiger charge is -2.14. The van der Waals surface area contributed by atoms with Crippen LogP contribution in [0.4, 0.5) is 0 Å². The van der Waals surface area contributed by atoms with Crippen molar-refractivity contribution in [1.82, 2.24) is 9.97 Å². The van der Waals surface area contributed by atoms with Crippen molar-refractivity contribution in [2.45, 2.75) is 59.3 Å². The third-order valence-corrected chi connectivity index (χ3v) is 4.41. The zero-order chi connectivity index (χ0) is 13.4. The summed E-state index contributed by atoms with van der Waals surface area (Å²) in [5.74, 6) is 1.45. The highest BCUT2D eigenvalue weighted by Gasteiger charge is 2.16. The van der Waals surface area contributed by atoms with E-state index < -0.39 is 0 Å². The van der Waals surface area contributed by atoms with Gasteiger partial charge in [0.25, 0.3) is 0 Å². The normalized spacial score (nSPS) is 12.3. The van der Waals surface area contributed by atoms with Crippen LogP contribution >= 0.6 is 11.3 Å². The Morgan fingerprint density at radius 3 is 2.06 bits per heavy atom. The zero-order valence-corrected chi connectivity index (χ0v) is 12.9. The molecule has 3 heteroatoms. The average Bonchev–Trinajstić information content (AvgIpc) is 2.69. The van der Waals surface area contributed by atoms with Gasteiger partial charge in [0.15, 0.2) is 5.65 Å². The quantitative estimate of drug-likeness (QED) is 0.772. The number of thiazole rings is 1. The van der Waals surface area contributed by atoms with E-state index in [0.717, 1.165) is 5.65 Å². The average molecular weight is 262 g/mol. The van der Waals surface area contributed by atoms with Crippen molar-refractivity contribution in [3.05, 3.63) is 22.3 Å². The molecule has 0 N–H and O–H groups in total. The Labute approximate surface area is 113 Å². The number of hydrogen-bond acceptors (Lipinski definition) is 3. The smallest absolute Gasteiger partial charge is 0.170 e. The van der Waals surface area contributed by atoms with Gasteiger partial charge in [0.05, 0.1) is 9.71 Å². The standard InChI is InChI=1S/C15H22N2S/c1-8(2)11-7-12-14(16-13(11)9(3)4)17-15(18-12)10(5)6/h7-10H,1-6H3. The van der Waals surface area contributed by atoms with Crippen molar-refractivity contribution in [2.24, 2.45) is 0 Å². The topological polar surface area (TPSA) is 25.8 Å². The molecule has 2 nitrogen and oxygen atoms in total. The first kappa shape index (κ1) is 13.5. The maximum absolute atomic E-state index is 4.80. The summed E-state index contributed by atoms with van der Waals surface area (Å²) in [5.41, 5.74) is 3.51. The molecule has 18 heavy (non-hydrogen) atoms. The van der Waals surface area contributed by atoms with E-state index in [4.69, 9.17) is 4.98 Å². The van der Waals surface area contributed by atoms with E-state index in [0.29, 0.717) is 17.8 Å². The second-order valence-corrected chi connectivity index (χ2v) is 6.86. The molecule has 2 aromatic heterocycles. The van der Waals surface area contributed by atoms with Gasteiger partial charge in [-0.1, -0.05) is 41.5 Å². The zero-order valence-electron chi connectivity index (χ0n) is 12.1. The first-order valence-electron chi connectivity index (χ1n) is 6.71. The Kier molecular flexibility index (Phi) is 3.71. The van der Waals surface area contributed by atoms with Gasteiger partial charge in [-0.05, 0) is 23.5 Å². The molecule has 98 valence electrons. The molecule has 0 aliphatic carbocycles. The third-order valence-electron chi connectivity index (χ3n) is 3.12. The van der Waals surface area contributed by atoms with Crippen LogP contribution in [-0.4, -0.2) is 9.97 Å². The molecule has 0 radical (unpaired) electrons. The lowest BCUT2D eigenvalue weighted by Crippen LogP contribution is -2.02. The Morgan fingerprint density at radius 1 is 0.889 bits per heavy atom. The molecular weight excluding hydrogens is 240 g/mol. The maximum Gasteiger partial charge on any atom is 0.170 e. The minimum atomic E-state index is 0.455. The fourth-order valence-electron chi connectivity index (χ4n) is 2.08. The summed E-state index contributed by atoms with van der Waals surface area (Å²) in [5, 5.41) is 1.19. The largest absolute Gasteiger partial charge is 0.232 e. The molecule has 2 heterocycles. The molecule has 0 aromatic carbocycles. The van der Waals surface area contributed by atoms with Crippen LogP contribution in [0.5, 0.6) is 0 Å². The summed E-state index contributed by atoms with van der Waals surface area (Å²) in [4.78, 5) is 9.46. The van der Waals surface area contributed by atoms with Gasteiger partial charge >= 0.3 is 0 Å². The summed E-state index contributed by atoms with van der Waals surface area (Å²) >= 11 is 1.78. The Hall–Kier alpha value is -0.960. The molecule has 0 saturated heterocycles. The Balaban J connectivity index is 2.65. The van der Waals surface area contributed by atoms with E-state index in [1.807, 2.05) is 0 Å². The highest BCUT2D eigenvalue weighted by molar-refractivity contribution is 7.18. The SMILES string of the molecule is CC(C)c1nc2nc(C(C)C)c(C(C)C)cc2s1.